The zero-order valence-corrected chi connectivity index (χ0v) is 15.7. The molecule has 2 aromatic carbocycles. The Balaban J connectivity index is 2.12. The number of carbonyl (C=O) groups is 1. The average molecular weight is 360 g/mol. The molecule has 0 fully saturated rings. The van der Waals surface area contributed by atoms with Gasteiger partial charge < -0.3 is 5.32 Å². The molecule has 2 rings (SSSR count). The minimum absolute atomic E-state index is 0.159. The summed E-state index contributed by atoms with van der Waals surface area (Å²) in [5.41, 5.74) is 2.68. The SMILES string of the molecule is CC(=O)Nc1ccc(S(=O)(=O)NC(C)c2ccc(C(C)C)cc2)cc1. The molecular formula is C19H24N2O3S. The molecule has 0 spiro atoms. The summed E-state index contributed by atoms with van der Waals surface area (Å²) in [6.07, 6.45) is 0. The van der Waals surface area contributed by atoms with E-state index in [1.54, 1.807) is 12.1 Å². The average Bonchev–Trinajstić information content (AvgIpc) is 2.54. The van der Waals surface area contributed by atoms with Gasteiger partial charge in [0.15, 0.2) is 0 Å². The Labute approximate surface area is 149 Å². The second-order valence-corrected chi connectivity index (χ2v) is 8.08. The standard InChI is InChI=1S/C19H24N2O3S/c1-13(2)16-5-7-17(8-6-16)14(3)21-25(23,24)19-11-9-18(10-12-19)20-15(4)22/h5-14,21H,1-4H3,(H,20,22). The van der Waals surface area contributed by atoms with Crippen LogP contribution in [0.4, 0.5) is 5.69 Å². The van der Waals surface area contributed by atoms with Crippen LogP contribution in [0.3, 0.4) is 0 Å². The van der Waals surface area contributed by atoms with Crippen LogP contribution in [0.1, 0.15) is 50.8 Å². The van der Waals surface area contributed by atoms with Crippen molar-refractivity contribution < 1.29 is 13.2 Å². The Bertz CT molecular complexity index is 826. The number of nitrogens with one attached hydrogen (secondary N) is 2. The van der Waals surface area contributed by atoms with E-state index in [1.807, 2.05) is 31.2 Å². The maximum Gasteiger partial charge on any atom is 0.241 e. The highest BCUT2D eigenvalue weighted by Gasteiger charge is 2.18. The Kier molecular flexibility index (Phi) is 5.98. The summed E-state index contributed by atoms with van der Waals surface area (Å²) in [6.45, 7) is 7.45. The van der Waals surface area contributed by atoms with E-state index in [0.29, 0.717) is 11.6 Å². The predicted octanol–water partition coefficient (Wildman–Crippen LogP) is 3.81. The zero-order chi connectivity index (χ0) is 18.6. The third-order valence-electron chi connectivity index (χ3n) is 3.92. The smallest absolute Gasteiger partial charge is 0.241 e. The molecule has 134 valence electrons. The van der Waals surface area contributed by atoms with E-state index in [1.165, 1.54) is 24.6 Å². The minimum atomic E-state index is -3.64. The van der Waals surface area contributed by atoms with Crippen molar-refractivity contribution in [1.82, 2.24) is 4.72 Å². The van der Waals surface area contributed by atoms with Crippen molar-refractivity contribution in [3.8, 4) is 0 Å². The van der Waals surface area contributed by atoms with Crippen molar-refractivity contribution >= 4 is 21.6 Å². The molecule has 1 amide bonds. The van der Waals surface area contributed by atoms with E-state index >= 15 is 0 Å². The molecule has 1 atom stereocenters. The maximum absolute atomic E-state index is 12.5. The number of carbonyl (C=O) groups excluding carboxylic acids is 1. The fourth-order valence-electron chi connectivity index (χ4n) is 2.46. The van der Waals surface area contributed by atoms with E-state index in [-0.39, 0.29) is 16.8 Å². The van der Waals surface area contributed by atoms with Gasteiger partial charge in [-0.05, 0) is 48.2 Å². The van der Waals surface area contributed by atoms with Crippen LogP contribution in [0.15, 0.2) is 53.4 Å². The topological polar surface area (TPSA) is 75.3 Å². The fourth-order valence-corrected chi connectivity index (χ4v) is 3.69. The van der Waals surface area contributed by atoms with Crippen molar-refractivity contribution in [2.75, 3.05) is 5.32 Å². The second-order valence-electron chi connectivity index (χ2n) is 6.37. The Morgan fingerprint density at radius 3 is 1.88 bits per heavy atom. The highest BCUT2D eigenvalue weighted by atomic mass is 32.2. The molecule has 1 unspecified atom stereocenters. The number of anilines is 1. The van der Waals surface area contributed by atoms with Gasteiger partial charge >= 0.3 is 0 Å². The lowest BCUT2D eigenvalue weighted by Gasteiger charge is -2.16. The zero-order valence-electron chi connectivity index (χ0n) is 14.9. The molecule has 5 nitrogen and oxygen atoms in total. The van der Waals surface area contributed by atoms with Crippen LogP contribution in [-0.2, 0) is 14.8 Å². The first kappa shape index (κ1) is 19.1. The summed E-state index contributed by atoms with van der Waals surface area (Å²) in [4.78, 5) is 11.2. The molecule has 0 saturated heterocycles. The van der Waals surface area contributed by atoms with Crippen molar-refractivity contribution in [2.45, 2.75) is 44.6 Å². The normalized spacial score (nSPS) is 12.8. The molecule has 0 aliphatic carbocycles. The first-order chi connectivity index (χ1) is 11.7. The van der Waals surface area contributed by atoms with Gasteiger partial charge in [-0.1, -0.05) is 38.1 Å². The quantitative estimate of drug-likeness (QED) is 0.822. The molecule has 0 radical (unpaired) electrons. The van der Waals surface area contributed by atoms with E-state index < -0.39 is 10.0 Å². The van der Waals surface area contributed by atoms with Crippen LogP contribution in [0.5, 0.6) is 0 Å². The first-order valence-electron chi connectivity index (χ1n) is 8.19. The van der Waals surface area contributed by atoms with Gasteiger partial charge in [0.2, 0.25) is 15.9 Å². The molecule has 0 saturated carbocycles. The van der Waals surface area contributed by atoms with Crippen LogP contribution in [0.2, 0.25) is 0 Å². The van der Waals surface area contributed by atoms with Gasteiger partial charge in [-0.3, -0.25) is 4.79 Å². The Morgan fingerprint density at radius 1 is 0.880 bits per heavy atom. The van der Waals surface area contributed by atoms with Crippen LogP contribution >= 0.6 is 0 Å². The Hall–Kier alpha value is -2.18. The molecule has 0 bridgehead atoms. The van der Waals surface area contributed by atoms with Crippen LogP contribution in [0, 0.1) is 0 Å². The summed E-state index contributed by atoms with van der Waals surface area (Å²) in [5, 5.41) is 2.61. The van der Waals surface area contributed by atoms with E-state index in [0.717, 1.165) is 5.56 Å². The van der Waals surface area contributed by atoms with Crippen molar-refractivity contribution in [3.05, 3.63) is 59.7 Å². The van der Waals surface area contributed by atoms with Crippen LogP contribution in [-0.4, -0.2) is 14.3 Å². The first-order valence-corrected chi connectivity index (χ1v) is 9.67. The van der Waals surface area contributed by atoms with Crippen molar-refractivity contribution in [1.29, 1.82) is 0 Å². The van der Waals surface area contributed by atoms with Crippen LogP contribution in [0.25, 0.3) is 0 Å². The molecule has 2 N–H and O–H groups in total. The van der Waals surface area contributed by atoms with Gasteiger partial charge in [0.05, 0.1) is 4.90 Å². The largest absolute Gasteiger partial charge is 0.326 e. The number of benzene rings is 2. The summed E-state index contributed by atoms with van der Waals surface area (Å²) in [6, 6.07) is 13.7. The number of sulfonamides is 1. The summed E-state index contributed by atoms with van der Waals surface area (Å²) < 4.78 is 27.7. The molecule has 0 aliphatic heterocycles. The highest BCUT2D eigenvalue weighted by molar-refractivity contribution is 7.89. The van der Waals surface area contributed by atoms with Gasteiger partial charge in [-0.15, -0.1) is 0 Å². The predicted molar refractivity (Wildman–Crippen MR) is 100 cm³/mol. The molecular weight excluding hydrogens is 336 g/mol. The summed E-state index contributed by atoms with van der Waals surface area (Å²) in [7, 11) is -3.64. The molecule has 0 aromatic heterocycles. The maximum atomic E-state index is 12.5. The van der Waals surface area contributed by atoms with Gasteiger partial charge in [0, 0.05) is 18.7 Å². The van der Waals surface area contributed by atoms with Gasteiger partial charge in [0.25, 0.3) is 0 Å². The summed E-state index contributed by atoms with van der Waals surface area (Å²) in [5.74, 6) is 0.232. The van der Waals surface area contributed by atoms with E-state index in [9.17, 15) is 13.2 Å². The second kappa shape index (κ2) is 7.80. The lowest BCUT2D eigenvalue weighted by Crippen LogP contribution is -2.26. The molecule has 25 heavy (non-hydrogen) atoms. The lowest BCUT2D eigenvalue weighted by molar-refractivity contribution is -0.114. The minimum Gasteiger partial charge on any atom is -0.326 e. The van der Waals surface area contributed by atoms with E-state index in [2.05, 4.69) is 23.9 Å². The number of hydrogen-bond donors (Lipinski definition) is 2. The van der Waals surface area contributed by atoms with Crippen molar-refractivity contribution in [2.24, 2.45) is 0 Å². The molecule has 2 aromatic rings. The molecule has 0 heterocycles. The van der Waals surface area contributed by atoms with Gasteiger partial charge in [-0.25, -0.2) is 13.1 Å². The number of rotatable bonds is 6. The van der Waals surface area contributed by atoms with Crippen LogP contribution < -0.4 is 10.0 Å². The third kappa shape index (κ3) is 5.14. The van der Waals surface area contributed by atoms with Gasteiger partial charge in [-0.2, -0.15) is 0 Å². The number of hydrogen-bond acceptors (Lipinski definition) is 3. The monoisotopic (exact) mass is 360 g/mol. The van der Waals surface area contributed by atoms with Crippen molar-refractivity contribution in [3.63, 3.8) is 0 Å². The summed E-state index contributed by atoms with van der Waals surface area (Å²) >= 11 is 0. The lowest BCUT2D eigenvalue weighted by atomic mass is 10.00. The fraction of sp³-hybridized carbons (Fsp3) is 0.316. The highest BCUT2D eigenvalue weighted by Crippen LogP contribution is 2.21. The molecule has 6 heteroatoms. The number of amides is 1. The van der Waals surface area contributed by atoms with E-state index in [4.69, 9.17) is 0 Å². The van der Waals surface area contributed by atoms with Gasteiger partial charge in [0.1, 0.15) is 0 Å². The molecule has 0 aliphatic rings. The Morgan fingerprint density at radius 2 is 1.40 bits per heavy atom. The third-order valence-corrected chi connectivity index (χ3v) is 5.48.